The van der Waals surface area contributed by atoms with Gasteiger partial charge in [-0.15, -0.1) is 8.58 Å². The Bertz CT molecular complexity index is 89.3. The molecule has 2 heterocycles. The van der Waals surface area contributed by atoms with Crippen molar-refractivity contribution in [3.05, 3.63) is 5.66 Å². The molecule has 0 spiro atoms. The first-order valence-electron chi connectivity index (χ1n) is 4.54. The third-order valence-corrected chi connectivity index (χ3v) is 4.60. The minimum absolute atomic E-state index is 1.12. The van der Waals surface area contributed by atoms with E-state index >= 15 is 0 Å². The topological polar surface area (TPSA) is 0 Å². The van der Waals surface area contributed by atoms with Crippen LogP contribution in [0.15, 0.2) is 0 Å². The normalized spacial score (nSPS) is 37.8. The van der Waals surface area contributed by atoms with Crippen molar-refractivity contribution in [1.82, 2.24) is 0 Å². The molecule has 1 radical (unpaired) electrons. The third kappa shape index (κ3) is 1.53. The Labute approximate surface area is 65.6 Å². The maximum absolute atomic E-state index is 1.92. The first-order chi connectivity index (χ1) is 4.95. The maximum atomic E-state index is 1.92. The summed E-state index contributed by atoms with van der Waals surface area (Å²) in [5.74, 6) is 1.12. The van der Waals surface area contributed by atoms with Gasteiger partial charge in [-0.1, -0.05) is 25.7 Å². The van der Waals surface area contributed by atoms with Gasteiger partial charge in [0.25, 0.3) is 0 Å². The fraction of sp³-hybridized carbons (Fsp3) is 0.889. The van der Waals surface area contributed by atoms with Gasteiger partial charge in [0.15, 0.2) is 0 Å². The van der Waals surface area contributed by atoms with Crippen molar-refractivity contribution < 1.29 is 0 Å². The Balaban J connectivity index is 2.01. The van der Waals surface area contributed by atoms with Crippen LogP contribution in [0.3, 0.4) is 0 Å². The molecule has 2 aliphatic rings. The molecule has 0 aliphatic carbocycles. The standard InChI is InChI=1S/C9H16P/c1-3-8-4-2-6-9(5-1)10-7-8/h8,10H,1-7H2. The van der Waals surface area contributed by atoms with Crippen LogP contribution in [0.25, 0.3) is 0 Å². The van der Waals surface area contributed by atoms with Gasteiger partial charge in [-0.25, -0.2) is 0 Å². The summed E-state index contributed by atoms with van der Waals surface area (Å²) in [7, 11) is 1.25. The molecule has 57 valence electrons. The van der Waals surface area contributed by atoms with Crippen LogP contribution in [0.2, 0.25) is 0 Å². The highest BCUT2D eigenvalue weighted by molar-refractivity contribution is 7.41. The predicted molar refractivity (Wildman–Crippen MR) is 47.6 cm³/mol. The quantitative estimate of drug-likeness (QED) is 0.471. The summed E-state index contributed by atoms with van der Waals surface area (Å²) in [6.07, 6.45) is 10.6. The van der Waals surface area contributed by atoms with Crippen LogP contribution in [-0.4, -0.2) is 6.16 Å². The Kier molecular flexibility index (Phi) is 2.28. The molecule has 0 aromatic rings. The Morgan fingerprint density at radius 2 is 1.80 bits per heavy atom. The van der Waals surface area contributed by atoms with Gasteiger partial charge in [0.2, 0.25) is 0 Å². The molecular weight excluding hydrogens is 139 g/mol. The van der Waals surface area contributed by atoms with Crippen molar-refractivity contribution in [3.8, 4) is 0 Å². The molecule has 1 atom stereocenters. The highest BCUT2D eigenvalue weighted by Crippen LogP contribution is 2.45. The average Bonchev–Trinajstić information content (AvgIpc) is 2.17. The highest BCUT2D eigenvalue weighted by Gasteiger charge is 2.22. The van der Waals surface area contributed by atoms with E-state index < -0.39 is 0 Å². The third-order valence-electron chi connectivity index (χ3n) is 2.82. The second kappa shape index (κ2) is 3.22. The first-order valence-corrected chi connectivity index (χ1v) is 5.74. The first kappa shape index (κ1) is 7.10. The van der Waals surface area contributed by atoms with Gasteiger partial charge in [0.05, 0.1) is 0 Å². The van der Waals surface area contributed by atoms with Gasteiger partial charge in [-0.3, -0.25) is 0 Å². The predicted octanol–water partition coefficient (Wildman–Crippen LogP) is 3.18. The van der Waals surface area contributed by atoms with Crippen LogP contribution in [0.1, 0.15) is 38.5 Å². The second-order valence-corrected chi connectivity index (χ2v) is 5.10. The summed E-state index contributed by atoms with van der Waals surface area (Å²) in [6.45, 7) is 0. The smallest absolute Gasteiger partial charge is 0.00286 e. The molecule has 0 amide bonds. The SMILES string of the molecule is C1C[C]2CCCC(C1)CP2. The monoisotopic (exact) mass is 155 g/mol. The van der Waals surface area contributed by atoms with Gasteiger partial charge in [0.1, 0.15) is 0 Å². The number of fused-ring (bicyclic) bond motifs is 3. The lowest BCUT2D eigenvalue weighted by molar-refractivity contribution is 0.449. The van der Waals surface area contributed by atoms with Crippen molar-refractivity contribution in [1.29, 1.82) is 0 Å². The molecule has 10 heavy (non-hydrogen) atoms. The lowest BCUT2D eigenvalue weighted by Crippen LogP contribution is -2.01. The Morgan fingerprint density at radius 3 is 2.50 bits per heavy atom. The van der Waals surface area contributed by atoms with E-state index in [1.807, 2.05) is 5.66 Å². The molecule has 2 rings (SSSR count). The van der Waals surface area contributed by atoms with E-state index in [1.165, 1.54) is 47.1 Å². The van der Waals surface area contributed by atoms with Crippen molar-refractivity contribution in [2.24, 2.45) is 5.92 Å². The molecule has 0 aromatic heterocycles. The second-order valence-electron chi connectivity index (χ2n) is 3.63. The van der Waals surface area contributed by atoms with Crippen molar-refractivity contribution in [3.63, 3.8) is 0 Å². The summed E-state index contributed by atoms with van der Waals surface area (Å²) in [5, 5.41) is 0. The van der Waals surface area contributed by atoms with E-state index in [0.29, 0.717) is 0 Å². The van der Waals surface area contributed by atoms with Crippen molar-refractivity contribution in [2.45, 2.75) is 38.5 Å². The fourth-order valence-electron chi connectivity index (χ4n) is 2.15. The van der Waals surface area contributed by atoms with Crippen molar-refractivity contribution >= 4 is 8.58 Å². The summed E-state index contributed by atoms with van der Waals surface area (Å²) in [4.78, 5) is 0. The lowest BCUT2D eigenvalue weighted by Gasteiger charge is -2.13. The molecule has 0 N–H and O–H groups in total. The molecule has 0 saturated carbocycles. The zero-order valence-electron chi connectivity index (χ0n) is 6.53. The largest absolute Gasteiger partial charge is 0.114 e. The van der Waals surface area contributed by atoms with E-state index in [-0.39, 0.29) is 0 Å². The van der Waals surface area contributed by atoms with Crippen LogP contribution >= 0.6 is 8.58 Å². The van der Waals surface area contributed by atoms with Gasteiger partial charge >= 0.3 is 0 Å². The van der Waals surface area contributed by atoms with E-state index in [0.717, 1.165) is 5.92 Å². The molecular formula is C9H16P. The summed E-state index contributed by atoms with van der Waals surface area (Å²) in [5.41, 5.74) is 1.92. The number of hydrogen-bond acceptors (Lipinski definition) is 0. The molecule has 1 unspecified atom stereocenters. The minimum Gasteiger partial charge on any atom is -0.114 e. The van der Waals surface area contributed by atoms with Crippen LogP contribution in [0, 0.1) is 11.6 Å². The van der Waals surface area contributed by atoms with E-state index in [4.69, 9.17) is 0 Å². The zero-order chi connectivity index (χ0) is 6.81. The highest BCUT2D eigenvalue weighted by atomic mass is 31.1. The van der Waals surface area contributed by atoms with E-state index in [2.05, 4.69) is 0 Å². The average molecular weight is 155 g/mol. The van der Waals surface area contributed by atoms with Crippen LogP contribution < -0.4 is 0 Å². The summed E-state index contributed by atoms with van der Waals surface area (Å²) < 4.78 is 0. The fourth-order valence-corrected chi connectivity index (χ4v) is 3.84. The number of hydrogen-bond donors (Lipinski definition) is 0. The van der Waals surface area contributed by atoms with Gasteiger partial charge in [-0.2, -0.15) is 0 Å². The zero-order valence-corrected chi connectivity index (χ0v) is 7.53. The molecule has 0 nitrogen and oxygen atoms in total. The minimum atomic E-state index is 1.12. The number of rotatable bonds is 0. The molecule has 0 aromatic carbocycles. The molecule has 2 fully saturated rings. The van der Waals surface area contributed by atoms with Gasteiger partial charge in [0, 0.05) is 0 Å². The Hall–Kier alpha value is 0.430. The van der Waals surface area contributed by atoms with Gasteiger partial charge in [-0.05, 0) is 30.6 Å². The van der Waals surface area contributed by atoms with Crippen LogP contribution in [0.4, 0.5) is 0 Å². The van der Waals surface area contributed by atoms with E-state index in [9.17, 15) is 0 Å². The maximum Gasteiger partial charge on any atom is -0.00286 e. The molecule has 2 saturated heterocycles. The van der Waals surface area contributed by atoms with Crippen LogP contribution in [-0.2, 0) is 0 Å². The van der Waals surface area contributed by atoms with Crippen molar-refractivity contribution in [2.75, 3.05) is 6.16 Å². The lowest BCUT2D eigenvalue weighted by atomic mass is 9.93. The Morgan fingerprint density at radius 1 is 1.10 bits per heavy atom. The van der Waals surface area contributed by atoms with Crippen LogP contribution in [0.5, 0.6) is 0 Å². The summed E-state index contributed by atoms with van der Waals surface area (Å²) >= 11 is 0. The van der Waals surface area contributed by atoms with E-state index in [1.54, 1.807) is 6.16 Å². The molecule has 2 bridgehead atoms. The summed E-state index contributed by atoms with van der Waals surface area (Å²) in [6, 6.07) is 0. The van der Waals surface area contributed by atoms with Gasteiger partial charge < -0.3 is 0 Å². The molecule has 1 heteroatoms. The molecule has 2 aliphatic heterocycles.